The first kappa shape index (κ1) is 25.4. The summed E-state index contributed by atoms with van der Waals surface area (Å²) in [5, 5.41) is 0.645. The monoisotopic (exact) mass is 501 g/mol. The van der Waals surface area contributed by atoms with Gasteiger partial charge >= 0.3 is 0 Å². The quantitative estimate of drug-likeness (QED) is 0.320. The number of thioether (sulfide) groups is 1. The number of ether oxygens (including phenoxy) is 2. The number of carbonyl (C=O) groups is 1. The predicted octanol–water partition coefficient (Wildman–Crippen LogP) is 6.35. The Bertz CT molecular complexity index is 1250. The van der Waals surface area contributed by atoms with Crippen molar-refractivity contribution in [2.24, 2.45) is 4.99 Å². The minimum atomic E-state index is -0.0830. The van der Waals surface area contributed by atoms with Crippen LogP contribution in [0.1, 0.15) is 25.0 Å². The summed E-state index contributed by atoms with van der Waals surface area (Å²) in [5.74, 6) is 1.43. The number of benzene rings is 3. The molecular weight excluding hydrogens is 470 g/mol. The second-order valence-corrected chi connectivity index (χ2v) is 9.19. The number of aliphatic imine (C=N–C) groups is 1. The van der Waals surface area contributed by atoms with Crippen molar-refractivity contribution in [1.82, 2.24) is 4.90 Å². The molecule has 0 radical (unpaired) electrons. The second kappa shape index (κ2) is 11.8. The van der Waals surface area contributed by atoms with Gasteiger partial charge in [-0.25, -0.2) is 4.99 Å². The van der Waals surface area contributed by atoms with Crippen LogP contribution >= 0.6 is 11.8 Å². The average molecular weight is 502 g/mol. The minimum Gasteiger partial charge on any atom is -0.497 e. The van der Waals surface area contributed by atoms with Crippen LogP contribution in [0.5, 0.6) is 11.5 Å². The first-order valence-corrected chi connectivity index (χ1v) is 12.8. The van der Waals surface area contributed by atoms with E-state index in [-0.39, 0.29) is 5.91 Å². The number of amidine groups is 1. The van der Waals surface area contributed by atoms with E-state index >= 15 is 0 Å². The van der Waals surface area contributed by atoms with Gasteiger partial charge in [-0.05, 0) is 73.6 Å². The fraction of sp³-hybridized carbons (Fsp3) is 0.241. The number of methoxy groups -OCH3 is 2. The van der Waals surface area contributed by atoms with Crippen molar-refractivity contribution in [3.63, 3.8) is 0 Å². The lowest BCUT2D eigenvalue weighted by Crippen LogP contribution is -2.28. The van der Waals surface area contributed by atoms with Crippen LogP contribution in [0.2, 0.25) is 0 Å². The van der Waals surface area contributed by atoms with Crippen LogP contribution in [-0.4, -0.2) is 43.3 Å². The molecule has 36 heavy (non-hydrogen) atoms. The van der Waals surface area contributed by atoms with Crippen molar-refractivity contribution < 1.29 is 14.3 Å². The Kier molecular flexibility index (Phi) is 8.33. The van der Waals surface area contributed by atoms with E-state index in [2.05, 4.69) is 24.8 Å². The number of para-hydroxylation sites is 1. The van der Waals surface area contributed by atoms with E-state index < -0.39 is 0 Å². The van der Waals surface area contributed by atoms with Crippen LogP contribution in [-0.2, 0) is 11.3 Å². The second-order valence-electron chi connectivity index (χ2n) is 8.18. The Labute approximate surface area is 217 Å². The fourth-order valence-corrected chi connectivity index (χ4v) is 4.99. The van der Waals surface area contributed by atoms with Gasteiger partial charge < -0.3 is 14.4 Å². The molecule has 1 fully saturated rings. The molecule has 186 valence electrons. The highest BCUT2D eigenvalue weighted by atomic mass is 32.2. The normalized spacial score (nSPS) is 15.6. The zero-order valence-electron chi connectivity index (χ0n) is 21.1. The number of anilines is 1. The molecule has 0 aliphatic carbocycles. The highest BCUT2D eigenvalue weighted by molar-refractivity contribution is 8.18. The first-order valence-electron chi connectivity index (χ1n) is 12.0. The summed E-state index contributed by atoms with van der Waals surface area (Å²) in [7, 11) is 3.30. The van der Waals surface area contributed by atoms with Gasteiger partial charge in [-0.1, -0.05) is 30.3 Å². The largest absolute Gasteiger partial charge is 0.497 e. The number of hydrogen-bond acceptors (Lipinski definition) is 6. The number of rotatable bonds is 9. The van der Waals surface area contributed by atoms with Gasteiger partial charge in [-0.15, -0.1) is 0 Å². The Balaban J connectivity index is 1.68. The Morgan fingerprint density at radius 3 is 2.31 bits per heavy atom. The van der Waals surface area contributed by atoms with E-state index in [0.717, 1.165) is 47.1 Å². The van der Waals surface area contributed by atoms with Gasteiger partial charge in [0.15, 0.2) is 5.17 Å². The molecule has 1 aliphatic heterocycles. The molecule has 3 aromatic carbocycles. The molecule has 0 atom stereocenters. The molecule has 0 N–H and O–H groups in total. The van der Waals surface area contributed by atoms with E-state index in [9.17, 15) is 4.79 Å². The van der Waals surface area contributed by atoms with Gasteiger partial charge in [0.2, 0.25) is 0 Å². The zero-order chi connectivity index (χ0) is 25.5. The molecule has 0 spiro atoms. The fourth-order valence-electron chi connectivity index (χ4n) is 4.00. The summed E-state index contributed by atoms with van der Waals surface area (Å²) < 4.78 is 11.0. The smallest absolute Gasteiger partial charge is 0.267 e. The average Bonchev–Trinajstić information content (AvgIpc) is 3.19. The first-order chi connectivity index (χ1) is 17.6. The molecule has 1 amide bonds. The third kappa shape index (κ3) is 5.74. The van der Waals surface area contributed by atoms with Crippen molar-refractivity contribution in [2.75, 3.05) is 32.2 Å². The topological polar surface area (TPSA) is 54.4 Å². The lowest BCUT2D eigenvalue weighted by atomic mass is 10.1. The molecule has 0 bridgehead atoms. The molecule has 1 aliphatic rings. The van der Waals surface area contributed by atoms with Gasteiger partial charge in [0, 0.05) is 30.4 Å². The molecular formula is C29H31N3O3S. The van der Waals surface area contributed by atoms with Crippen molar-refractivity contribution in [3.8, 4) is 11.5 Å². The van der Waals surface area contributed by atoms with Crippen LogP contribution in [0.4, 0.5) is 11.4 Å². The van der Waals surface area contributed by atoms with Crippen LogP contribution in [0.25, 0.3) is 6.08 Å². The molecule has 3 aromatic rings. The maximum Gasteiger partial charge on any atom is 0.267 e. The highest BCUT2D eigenvalue weighted by Gasteiger charge is 2.33. The number of amides is 1. The summed E-state index contributed by atoms with van der Waals surface area (Å²) >= 11 is 1.38. The maximum absolute atomic E-state index is 13.6. The van der Waals surface area contributed by atoms with Gasteiger partial charge in [0.1, 0.15) is 11.5 Å². The number of hydrogen-bond donors (Lipinski definition) is 0. The Morgan fingerprint density at radius 2 is 1.67 bits per heavy atom. The van der Waals surface area contributed by atoms with E-state index in [1.54, 1.807) is 19.1 Å². The van der Waals surface area contributed by atoms with E-state index in [1.165, 1.54) is 11.8 Å². The van der Waals surface area contributed by atoms with Crippen LogP contribution in [0.3, 0.4) is 0 Å². The van der Waals surface area contributed by atoms with Gasteiger partial charge in [-0.2, -0.15) is 0 Å². The predicted molar refractivity (Wildman–Crippen MR) is 149 cm³/mol. The number of nitrogens with zero attached hydrogens (tertiary/aromatic N) is 3. The molecule has 7 heteroatoms. The molecule has 0 unspecified atom stereocenters. The molecule has 6 nitrogen and oxygen atoms in total. The lowest BCUT2D eigenvalue weighted by Gasteiger charge is -2.22. The SMILES string of the molecule is CCN(CC)c1ccc(/C=C2\SC(=Nc3ccccc3)N(Cc3ccc(OC)cc3)C2=O)c(OC)c1. The molecule has 1 heterocycles. The summed E-state index contributed by atoms with van der Waals surface area (Å²) in [6.07, 6.45) is 1.90. The Morgan fingerprint density at radius 1 is 0.944 bits per heavy atom. The summed E-state index contributed by atoms with van der Waals surface area (Å²) in [4.78, 5) is 23.0. The standard InChI is InChI=1S/C29H31N3O3S/c1-5-31(6-2)24-15-14-22(26(19-24)35-4)18-27-28(33)32(20-21-12-16-25(34-3)17-13-21)29(36-27)30-23-10-8-7-9-11-23/h7-19H,5-6,20H2,1-4H3/b27-18-,30-29?. The molecule has 0 saturated carbocycles. The summed E-state index contributed by atoms with van der Waals surface area (Å²) in [5.41, 5.74) is 3.74. The van der Waals surface area contributed by atoms with E-state index in [4.69, 9.17) is 14.5 Å². The van der Waals surface area contributed by atoms with E-state index in [0.29, 0.717) is 16.6 Å². The molecule has 0 aromatic heterocycles. The van der Waals surface area contributed by atoms with Gasteiger partial charge in [0.05, 0.1) is 31.4 Å². The molecule has 1 saturated heterocycles. The summed E-state index contributed by atoms with van der Waals surface area (Å²) in [6.45, 7) is 6.49. The lowest BCUT2D eigenvalue weighted by molar-refractivity contribution is -0.122. The molecule has 4 rings (SSSR count). The van der Waals surface area contributed by atoms with E-state index in [1.807, 2.05) is 72.8 Å². The van der Waals surface area contributed by atoms with Crippen LogP contribution in [0.15, 0.2) is 82.7 Å². The third-order valence-corrected chi connectivity index (χ3v) is 7.01. The van der Waals surface area contributed by atoms with Crippen molar-refractivity contribution in [3.05, 3.63) is 88.8 Å². The number of carbonyl (C=O) groups excluding carboxylic acids is 1. The minimum absolute atomic E-state index is 0.0830. The van der Waals surface area contributed by atoms with Crippen LogP contribution < -0.4 is 14.4 Å². The highest BCUT2D eigenvalue weighted by Crippen LogP contribution is 2.37. The third-order valence-electron chi connectivity index (χ3n) is 6.00. The van der Waals surface area contributed by atoms with Crippen LogP contribution in [0, 0.1) is 0 Å². The van der Waals surface area contributed by atoms with Crippen molar-refractivity contribution >= 4 is 40.3 Å². The van der Waals surface area contributed by atoms with Crippen molar-refractivity contribution in [2.45, 2.75) is 20.4 Å². The Hall–Kier alpha value is -3.71. The van der Waals surface area contributed by atoms with Crippen molar-refractivity contribution in [1.29, 1.82) is 0 Å². The summed E-state index contributed by atoms with van der Waals surface area (Å²) in [6, 6.07) is 23.5. The van der Waals surface area contributed by atoms with Gasteiger partial charge in [-0.3, -0.25) is 9.69 Å². The van der Waals surface area contributed by atoms with Gasteiger partial charge in [0.25, 0.3) is 5.91 Å². The maximum atomic E-state index is 13.6. The zero-order valence-corrected chi connectivity index (χ0v) is 21.9.